The van der Waals surface area contributed by atoms with Crippen LogP contribution in [0.25, 0.3) is 0 Å². The second-order valence-electron chi connectivity index (χ2n) is 7.24. The van der Waals surface area contributed by atoms with Crippen LogP contribution >= 0.6 is 24.0 Å². The van der Waals surface area contributed by atoms with Crippen LogP contribution in [-0.4, -0.2) is 51.4 Å². The minimum atomic E-state index is 0. The maximum atomic E-state index is 5.32. The Morgan fingerprint density at radius 2 is 1.92 bits per heavy atom. The van der Waals surface area contributed by atoms with Crippen LogP contribution < -0.4 is 15.5 Å². The first-order valence-electron chi connectivity index (χ1n) is 9.11. The average Bonchev–Trinajstić information content (AvgIpc) is 2.60. The van der Waals surface area contributed by atoms with Crippen molar-refractivity contribution in [2.45, 2.75) is 32.7 Å². The third-order valence-electron chi connectivity index (χ3n) is 4.82. The quantitative estimate of drug-likeness (QED) is 0.405. The third kappa shape index (κ3) is 5.74. The van der Waals surface area contributed by atoms with Gasteiger partial charge in [0.2, 0.25) is 0 Å². The molecule has 2 aliphatic heterocycles. The molecule has 1 aromatic rings. The van der Waals surface area contributed by atoms with Crippen molar-refractivity contribution in [1.29, 1.82) is 0 Å². The topological polar surface area (TPSA) is 48.9 Å². The van der Waals surface area contributed by atoms with E-state index in [4.69, 9.17) is 9.73 Å². The van der Waals surface area contributed by atoms with Gasteiger partial charge in [0.05, 0.1) is 19.8 Å². The molecule has 0 bridgehead atoms. The largest absolute Gasteiger partial charge is 0.380 e. The molecule has 0 amide bonds. The first-order chi connectivity index (χ1) is 11.7. The van der Waals surface area contributed by atoms with Crippen LogP contribution in [0.4, 0.5) is 5.69 Å². The number of hydrogen-bond acceptors (Lipinski definition) is 3. The molecule has 140 valence electrons. The molecule has 0 radical (unpaired) electrons. The minimum absolute atomic E-state index is 0. The van der Waals surface area contributed by atoms with E-state index in [1.54, 1.807) is 0 Å². The van der Waals surface area contributed by atoms with Gasteiger partial charge >= 0.3 is 0 Å². The van der Waals surface area contributed by atoms with E-state index in [9.17, 15) is 0 Å². The van der Waals surface area contributed by atoms with Crippen molar-refractivity contribution >= 4 is 35.6 Å². The zero-order valence-electron chi connectivity index (χ0n) is 15.3. The first kappa shape index (κ1) is 20.3. The monoisotopic (exact) mass is 458 g/mol. The lowest BCUT2D eigenvalue weighted by Crippen LogP contribution is -2.49. The van der Waals surface area contributed by atoms with E-state index in [0.717, 1.165) is 58.2 Å². The smallest absolute Gasteiger partial charge is 0.191 e. The standard InChI is InChI=1S/C19H30N4O.HI/c1-3-20-18(21-13-19(2)14-24-15-19)22-16-9-11-23(12-10-16)17-7-5-4-6-8-17;/h4-8,16H,3,9-15H2,1-2H3,(H2,20,21,22);1H. The number of ether oxygens (including phenoxy) is 1. The lowest BCUT2D eigenvalue weighted by atomic mass is 9.89. The number of hydrogen-bond donors (Lipinski definition) is 2. The van der Waals surface area contributed by atoms with Crippen LogP contribution in [0.2, 0.25) is 0 Å². The Kier molecular flexibility index (Phi) is 7.81. The number of rotatable bonds is 5. The highest BCUT2D eigenvalue weighted by molar-refractivity contribution is 14.0. The Morgan fingerprint density at radius 3 is 2.48 bits per heavy atom. The Bertz CT molecular complexity index is 540. The predicted molar refractivity (Wildman–Crippen MR) is 115 cm³/mol. The Labute approximate surface area is 168 Å². The lowest BCUT2D eigenvalue weighted by Gasteiger charge is -2.37. The van der Waals surface area contributed by atoms with Gasteiger partial charge in [0.1, 0.15) is 0 Å². The Balaban J connectivity index is 0.00000225. The summed E-state index contributed by atoms with van der Waals surface area (Å²) in [6.45, 7) is 9.90. The van der Waals surface area contributed by atoms with E-state index in [1.807, 2.05) is 0 Å². The van der Waals surface area contributed by atoms with Crippen LogP contribution in [0.15, 0.2) is 35.3 Å². The Hall–Kier alpha value is -1.02. The number of benzene rings is 1. The van der Waals surface area contributed by atoms with E-state index in [-0.39, 0.29) is 29.4 Å². The molecule has 3 rings (SSSR count). The van der Waals surface area contributed by atoms with Gasteiger partial charge in [-0.15, -0.1) is 24.0 Å². The number of aliphatic imine (C=N–C) groups is 1. The van der Waals surface area contributed by atoms with Crippen molar-refractivity contribution in [3.05, 3.63) is 30.3 Å². The highest BCUT2D eigenvalue weighted by Crippen LogP contribution is 2.26. The van der Waals surface area contributed by atoms with E-state index in [0.29, 0.717) is 6.04 Å². The second kappa shape index (κ2) is 9.62. The van der Waals surface area contributed by atoms with E-state index < -0.39 is 0 Å². The van der Waals surface area contributed by atoms with E-state index in [1.165, 1.54) is 5.69 Å². The molecule has 25 heavy (non-hydrogen) atoms. The summed E-state index contributed by atoms with van der Waals surface area (Å²) in [6.07, 6.45) is 2.28. The highest BCUT2D eigenvalue weighted by Gasteiger charge is 2.33. The number of guanidine groups is 1. The maximum Gasteiger partial charge on any atom is 0.191 e. The van der Waals surface area contributed by atoms with Gasteiger partial charge < -0.3 is 20.3 Å². The van der Waals surface area contributed by atoms with Crippen molar-refractivity contribution in [1.82, 2.24) is 10.6 Å². The van der Waals surface area contributed by atoms with E-state index >= 15 is 0 Å². The van der Waals surface area contributed by atoms with Crippen LogP contribution in [0.5, 0.6) is 0 Å². The number of nitrogens with one attached hydrogen (secondary N) is 2. The van der Waals surface area contributed by atoms with Gasteiger partial charge in [-0.25, -0.2) is 0 Å². The fourth-order valence-corrected chi connectivity index (χ4v) is 3.25. The van der Waals surface area contributed by atoms with Crippen molar-refractivity contribution in [2.24, 2.45) is 10.4 Å². The number of anilines is 1. The molecule has 2 saturated heterocycles. The highest BCUT2D eigenvalue weighted by atomic mass is 127. The minimum Gasteiger partial charge on any atom is -0.380 e. The van der Waals surface area contributed by atoms with Gasteiger partial charge in [-0.3, -0.25) is 4.99 Å². The lowest BCUT2D eigenvalue weighted by molar-refractivity contribution is -0.0945. The molecule has 0 atom stereocenters. The van der Waals surface area contributed by atoms with E-state index in [2.05, 4.69) is 59.7 Å². The molecular weight excluding hydrogens is 427 g/mol. The zero-order valence-corrected chi connectivity index (χ0v) is 17.7. The third-order valence-corrected chi connectivity index (χ3v) is 4.82. The number of para-hydroxylation sites is 1. The van der Waals surface area contributed by atoms with Crippen molar-refractivity contribution < 1.29 is 4.74 Å². The fourth-order valence-electron chi connectivity index (χ4n) is 3.25. The van der Waals surface area contributed by atoms with Crippen molar-refractivity contribution in [3.8, 4) is 0 Å². The summed E-state index contributed by atoms with van der Waals surface area (Å²) >= 11 is 0. The summed E-state index contributed by atoms with van der Waals surface area (Å²) in [5.41, 5.74) is 1.55. The summed E-state index contributed by atoms with van der Waals surface area (Å²) in [4.78, 5) is 7.25. The van der Waals surface area contributed by atoms with Crippen LogP contribution in [0.3, 0.4) is 0 Å². The summed E-state index contributed by atoms with van der Waals surface area (Å²) in [5, 5.41) is 7.00. The maximum absolute atomic E-state index is 5.32. The molecule has 0 saturated carbocycles. The van der Waals surface area contributed by atoms with Crippen LogP contribution in [0.1, 0.15) is 26.7 Å². The molecule has 0 aliphatic carbocycles. The van der Waals surface area contributed by atoms with Gasteiger partial charge in [-0.2, -0.15) is 0 Å². The molecule has 5 nitrogen and oxygen atoms in total. The van der Waals surface area contributed by atoms with Crippen molar-refractivity contribution in [2.75, 3.05) is 44.3 Å². The molecule has 0 unspecified atom stereocenters. The van der Waals surface area contributed by atoms with Crippen LogP contribution in [0, 0.1) is 5.41 Å². The van der Waals surface area contributed by atoms with Gasteiger partial charge in [-0.1, -0.05) is 25.1 Å². The normalized spacial score (nSPS) is 20.4. The fraction of sp³-hybridized carbons (Fsp3) is 0.632. The molecule has 1 aromatic carbocycles. The summed E-state index contributed by atoms with van der Waals surface area (Å²) < 4.78 is 5.32. The molecular formula is C19H31IN4O. The van der Waals surface area contributed by atoms with Gasteiger partial charge in [0.15, 0.2) is 5.96 Å². The predicted octanol–water partition coefficient (Wildman–Crippen LogP) is 2.87. The molecule has 0 spiro atoms. The molecule has 0 aromatic heterocycles. The molecule has 2 heterocycles. The zero-order chi connectivity index (χ0) is 16.8. The molecule has 6 heteroatoms. The number of halogens is 1. The second-order valence-corrected chi connectivity index (χ2v) is 7.24. The average molecular weight is 458 g/mol. The first-order valence-corrected chi connectivity index (χ1v) is 9.11. The number of nitrogens with zero attached hydrogens (tertiary/aromatic N) is 2. The van der Waals surface area contributed by atoms with Crippen molar-refractivity contribution in [3.63, 3.8) is 0 Å². The number of piperidine rings is 1. The molecule has 2 fully saturated rings. The summed E-state index contributed by atoms with van der Waals surface area (Å²) in [5.74, 6) is 0.948. The molecule has 2 N–H and O–H groups in total. The molecule has 2 aliphatic rings. The SMILES string of the molecule is CCNC(=NCC1(C)COC1)NC1CCN(c2ccccc2)CC1.I. The van der Waals surface area contributed by atoms with Gasteiger partial charge in [-0.05, 0) is 31.9 Å². The van der Waals surface area contributed by atoms with Gasteiger partial charge in [0.25, 0.3) is 0 Å². The van der Waals surface area contributed by atoms with Gasteiger partial charge in [0, 0.05) is 36.8 Å². The summed E-state index contributed by atoms with van der Waals surface area (Å²) in [6, 6.07) is 11.2. The van der Waals surface area contributed by atoms with Crippen LogP contribution in [-0.2, 0) is 4.74 Å². The Morgan fingerprint density at radius 1 is 1.24 bits per heavy atom. The summed E-state index contributed by atoms with van der Waals surface area (Å²) in [7, 11) is 0.